The lowest BCUT2D eigenvalue weighted by atomic mass is 9.85. The third kappa shape index (κ3) is 4.67. The highest BCUT2D eigenvalue weighted by Crippen LogP contribution is 2.33. The summed E-state index contributed by atoms with van der Waals surface area (Å²) in [5.74, 6) is 0.409. The zero-order valence-electron chi connectivity index (χ0n) is 13.9. The molecule has 0 aliphatic heterocycles. The van der Waals surface area contributed by atoms with Crippen molar-refractivity contribution < 1.29 is 14.7 Å². The number of anilines is 1. The molecule has 2 saturated carbocycles. The van der Waals surface area contributed by atoms with Gasteiger partial charge in [-0.05, 0) is 56.2 Å². The zero-order valence-corrected chi connectivity index (χ0v) is 13.9. The number of urea groups is 1. The number of nitrogens with one attached hydrogen (secondary N) is 2. The predicted octanol–water partition coefficient (Wildman–Crippen LogP) is 1.84. The second-order valence-corrected chi connectivity index (χ2v) is 6.91. The molecular formula is C17H24N4O3. The Morgan fingerprint density at radius 1 is 1.38 bits per heavy atom. The standard InChI is InChI=1S/C17H24N4O3/c1-11-4-5-18-15(6-11)20-17(24)19-13-7-14(8-13)21(10-16(22)23)9-12-2-3-12/h4-6,12-14H,2-3,7-10H2,1H3,(H,22,23)(H2,18,19,20,24). The number of carboxylic acid groups (broad SMARTS) is 1. The van der Waals surface area contributed by atoms with Crippen molar-refractivity contribution in [2.24, 2.45) is 5.92 Å². The molecule has 2 aliphatic rings. The molecule has 24 heavy (non-hydrogen) atoms. The number of carboxylic acids is 1. The Balaban J connectivity index is 1.43. The van der Waals surface area contributed by atoms with Crippen molar-refractivity contribution >= 4 is 17.8 Å². The first-order chi connectivity index (χ1) is 11.5. The van der Waals surface area contributed by atoms with E-state index < -0.39 is 5.97 Å². The highest BCUT2D eigenvalue weighted by atomic mass is 16.4. The van der Waals surface area contributed by atoms with Gasteiger partial charge in [-0.15, -0.1) is 0 Å². The van der Waals surface area contributed by atoms with Gasteiger partial charge in [0.05, 0.1) is 6.54 Å². The molecule has 2 aliphatic carbocycles. The number of aryl methyl sites for hydroxylation is 1. The molecule has 0 spiro atoms. The van der Waals surface area contributed by atoms with Crippen LogP contribution in [0.4, 0.5) is 10.6 Å². The lowest BCUT2D eigenvalue weighted by Crippen LogP contribution is -2.55. The van der Waals surface area contributed by atoms with E-state index in [0.29, 0.717) is 11.7 Å². The van der Waals surface area contributed by atoms with E-state index in [9.17, 15) is 9.59 Å². The summed E-state index contributed by atoms with van der Waals surface area (Å²) in [6.45, 7) is 2.90. The van der Waals surface area contributed by atoms with Gasteiger partial charge in [-0.2, -0.15) is 0 Å². The van der Waals surface area contributed by atoms with Crippen molar-refractivity contribution in [3.63, 3.8) is 0 Å². The van der Waals surface area contributed by atoms with E-state index in [0.717, 1.165) is 24.9 Å². The minimum absolute atomic E-state index is 0.0906. The van der Waals surface area contributed by atoms with Gasteiger partial charge in [-0.1, -0.05) is 0 Å². The maximum Gasteiger partial charge on any atom is 0.320 e. The average molecular weight is 332 g/mol. The molecule has 3 N–H and O–H groups in total. The minimum Gasteiger partial charge on any atom is -0.480 e. The monoisotopic (exact) mass is 332 g/mol. The fourth-order valence-electron chi connectivity index (χ4n) is 3.09. The van der Waals surface area contributed by atoms with Crippen LogP contribution in [0.1, 0.15) is 31.2 Å². The summed E-state index contributed by atoms with van der Waals surface area (Å²) in [4.78, 5) is 29.2. The SMILES string of the molecule is Cc1ccnc(NC(=O)NC2CC(N(CC(=O)O)CC3CC3)C2)c1. The number of nitrogens with zero attached hydrogens (tertiary/aromatic N) is 2. The summed E-state index contributed by atoms with van der Waals surface area (Å²) < 4.78 is 0. The number of rotatable bonds is 7. The maximum atomic E-state index is 12.0. The molecule has 0 bridgehead atoms. The summed E-state index contributed by atoms with van der Waals surface area (Å²) in [5.41, 5.74) is 1.04. The van der Waals surface area contributed by atoms with E-state index in [2.05, 4.69) is 20.5 Å². The summed E-state index contributed by atoms with van der Waals surface area (Å²) in [6.07, 6.45) is 5.67. The number of hydrogen-bond acceptors (Lipinski definition) is 4. The van der Waals surface area contributed by atoms with Crippen LogP contribution < -0.4 is 10.6 Å². The minimum atomic E-state index is -0.782. The third-order valence-electron chi connectivity index (χ3n) is 4.65. The quantitative estimate of drug-likeness (QED) is 0.708. The van der Waals surface area contributed by atoms with Gasteiger partial charge in [0, 0.05) is 24.8 Å². The first-order valence-corrected chi connectivity index (χ1v) is 8.45. The number of amides is 2. The molecule has 0 unspecified atom stereocenters. The van der Waals surface area contributed by atoms with Crippen LogP contribution in [0.15, 0.2) is 18.3 Å². The first-order valence-electron chi connectivity index (χ1n) is 8.45. The molecule has 2 fully saturated rings. The average Bonchev–Trinajstić information content (AvgIpc) is 3.25. The molecular weight excluding hydrogens is 308 g/mol. The molecule has 3 rings (SSSR count). The van der Waals surface area contributed by atoms with Gasteiger partial charge < -0.3 is 10.4 Å². The molecule has 0 aromatic carbocycles. The summed E-state index contributed by atoms with van der Waals surface area (Å²) in [5, 5.41) is 14.7. The molecule has 1 heterocycles. The number of carbonyl (C=O) groups excluding carboxylic acids is 1. The smallest absolute Gasteiger partial charge is 0.320 e. The van der Waals surface area contributed by atoms with Crippen LogP contribution >= 0.6 is 0 Å². The lowest BCUT2D eigenvalue weighted by Gasteiger charge is -2.42. The normalized spacial score (nSPS) is 22.8. The first kappa shape index (κ1) is 16.7. The van der Waals surface area contributed by atoms with Crippen LogP contribution in [0.25, 0.3) is 0 Å². The molecule has 0 atom stereocenters. The summed E-state index contributed by atoms with van der Waals surface area (Å²) in [7, 11) is 0. The van der Waals surface area contributed by atoms with Gasteiger partial charge in [0.2, 0.25) is 0 Å². The van der Waals surface area contributed by atoms with Crippen molar-refractivity contribution in [2.75, 3.05) is 18.4 Å². The van der Waals surface area contributed by atoms with E-state index in [1.165, 1.54) is 12.8 Å². The summed E-state index contributed by atoms with van der Waals surface area (Å²) >= 11 is 0. The predicted molar refractivity (Wildman–Crippen MR) is 89.9 cm³/mol. The van der Waals surface area contributed by atoms with Gasteiger partial charge in [-0.25, -0.2) is 9.78 Å². The molecule has 130 valence electrons. The Labute approximate surface area is 141 Å². The van der Waals surface area contributed by atoms with E-state index in [-0.39, 0.29) is 24.7 Å². The van der Waals surface area contributed by atoms with Crippen molar-refractivity contribution in [1.29, 1.82) is 0 Å². The van der Waals surface area contributed by atoms with Crippen molar-refractivity contribution in [1.82, 2.24) is 15.2 Å². The molecule has 0 saturated heterocycles. The van der Waals surface area contributed by atoms with Crippen LogP contribution in [-0.4, -0.2) is 52.2 Å². The van der Waals surface area contributed by atoms with Crippen LogP contribution in [0.5, 0.6) is 0 Å². The largest absolute Gasteiger partial charge is 0.480 e. The molecule has 1 aromatic heterocycles. The zero-order chi connectivity index (χ0) is 17.1. The molecule has 2 amide bonds. The van der Waals surface area contributed by atoms with Crippen molar-refractivity contribution in [2.45, 2.75) is 44.7 Å². The topological polar surface area (TPSA) is 94.6 Å². The van der Waals surface area contributed by atoms with Crippen molar-refractivity contribution in [3.8, 4) is 0 Å². The number of carbonyl (C=O) groups is 2. The second-order valence-electron chi connectivity index (χ2n) is 6.91. The Morgan fingerprint density at radius 3 is 2.75 bits per heavy atom. The lowest BCUT2D eigenvalue weighted by molar-refractivity contribution is -0.139. The Bertz CT molecular complexity index is 612. The van der Waals surface area contributed by atoms with Crippen LogP contribution in [0.3, 0.4) is 0 Å². The Hall–Kier alpha value is -2.15. The Kier molecular flexibility index (Phi) is 4.99. The second kappa shape index (κ2) is 7.17. The number of hydrogen-bond donors (Lipinski definition) is 3. The number of pyridine rings is 1. The van der Waals surface area contributed by atoms with Crippen LogP contribution in [0.2, 0.25) is 0 Å². The van der Waals surface area contributed by atoms with Gasteiger partial charge >= 0.3 is 12.0 Å². The molecule has 1 aromatic rings. The van der Waals surface area contributed by atoms with Crippen LogP contribution in [-0.2, 0) is 4.79 Å². The van der Waals surface area contributed by atoms with Gasteiger partial charge in [0.15, 0.2) is 0 Å². The maximum absolute atomic E-state index is 12.0. The highest BCUT2D eigenvalue weighted by Gasteiger charge is 2.37. The van der Waals surface area contributed by atoms with Gasteiger partial charge in [-0.3, -0.25) is 15.0 Å². The fourth-order valence-corrected chi connectivity index (χ4v) is 3.09. The molecule has 7 heteroatoms. The van der Waals surface area contributed by atoms with Gasteiger partial charge in [0.1, 0.15) is 5.82 Å². The molecule has 7 nitrogen and oxygen atoms in total. The highest BCUT2D eigenvalue weighted by molar-refractivity contribution is 5.88. The van der Waals surface area contributed by atoms with Gasteiger partial charge in [0.25, 0.3) is 0 Å². The van der Waals surface area contributed by atoms with E-state index in [1.54, 1.807) is 6.20 Å². The van der Waals surface area contributed by atoms with E-state index in [1.807, 2.05) is 19.1 Å². The Morgan fingerprint density at radius 2 is 2.12 bits per heavy atom. The molecule has 0 radical (unpaired) electrons. The third-order valence-corrected chi connectivity index (χ3v) is 4.65. The number of aromatic nitrogens is 1. The van der Waals surface area contributed by atoms with Crippen molar-refractivity contribution in [3.05, 3.63) is 23.9 Å². The van der Waals surface area contributed by atoms with E-state index >= 15 is 0 Å². The summed E-state index contributed by atoms with van der Waals surface area (Å²) in [6, 6.07) is 3.77. The van der Waals surface area contributed by atoms with E-state index in [4.69, 9.17) is 5.11 Å². The van der Waals surface area contributed by atoms with Crippen LogP contribution in [0, 0.1) is 12.8 Å². The fraction of sp³-hybridized carbons (Fsp3) is 0.588. The number of aliphatic carboxylic acids is 1.